The number of alkyl halides is 3. The summed E-state index contributed by atoms with van der Waals surface area (Å²) in [6.07, 6.45) is -2.64. The largest absolute Gasteiger partial charge is 0.416 e. The molecule has 3 N–H and O–H groups in total. The first-order chi connectivity index (χ1) is 12.1. The van der Waals surface area contributed by atoms with Gasteiger partial charge in [0.2, 0.25) is 10.0 Å². The standard InChI is InChI=1S/C17H26F3N3O2S/c1-13-10-16(21)6-8-23(13)26(24,25)9-3-7-22-12-14-4-2-5-15(11-14)17(18,19)20/h2,4-5,11,13,16,22H,3,6-10,12,21H2,1H3/t13-,16-/m0/s1. The molecule has 1 aromatic rings. The minimum absolute atomic E-state index is 0.0160. The van der Waals surface area contributed by atoms with E-state index in [0.717, 1.165) is 12.1 Å². The lowest BCUT2D eigenvalue weighted by Crippen LogP contribution is -2.49. The Bertz CT molecular complexity index is 695. The van der Waals surface area contributed by atoms with Gasteiger partial charge >= 0.3 is 6.18 Å². The minimum atomic E-state index is -4.36. The van der Waals surface area contributed by atoms with Gasteiger partial charge in [0, 0.05) is 25.2 Å². The van der Waals surface area contributed by atoms with Crippen molar-refractivity contribution in [3.05, 3.63) is 35.4 Å². The summed E-state index contributed by atoms with van der Waals surface area (Å²) in [4.78, 5) is 0. The Balaban J connectivity index is 1.77. The molecule has 2 rings (SSSR count). The number of hydrogen-bond acceptors (Lipinski definition) is 4. The fourth-order valence-electron chi connectivity index (χ4n) is 3.19. The van der Waals surface area contributed by atoms with Crippen molar-refractivity contribution in [2.45, 2.75) is 51.0 Å². The molecule has 0 amide bonds. The van der Waals surface area contributed by atoms with E-state index in [2.05, 4.69) is 5.32 Å². The first-order valence-corrected chi connectivity index (χ1v) is 10.3. The highest BCUT2D eigenvalue weighted by Gasteiger charge is 2.32. The summed E-state index contributed by atoms with van der Waals surface area (Å²) in [5.74, 6) is 0.0160. The molecule has 0 aromatic heterocycles. The number of nitrogens with zero attached hydrogens (tertiary/aromatic N) is 1. The molecule has 0 aliphatic carbocycles. The van der Waals surface area contributed by atoms with Gasteiger partial charge < -0.3 is 11.1 Å². The number of halogens is 3. The highest BCUT2D eigenvalue weighted by atomic mass is 32.2. The molecule has 0 radical (unpaired) electrons. The van der Waals surface area contributed by atoms with Gasteiger partial charge in [0.25, 0.3) is 0 Å². The van der Waals surface area contributed by atoms with Gasteiger partial charge in [-0.05, 0) is 44.4 Å². The summed E-state index contributed by atoms with van der Waals surface area (Å²) in [5, 5.41) is 3.00. The predicted molar refractivity (Wildman–Crippen MR) is 94.9 cm³/mol. The van der Waals surface area contributed by atoms with E-state index in [1.807, 2.05) is 6.92 Å². The van der Waals surface area contributed by atoms with E-state index in [-0.39, 0.29) is 24.4 Å². The van der Waals surface area contributed by atoms with Gasteiger partial charge in [0.05, 0.1) is 11.3 Å². The van der Waals surface area contributed by atoms with Crippen LogP contribution in [0.15, 0.2) is 24.3 Å². The second kappa shape index (κ2) is 8.69. The molecule has 1 saturated heterocycles. The number of sulfonamides is 1. The van der Waals surface area contributed by atoms with E-state index in [0.29, 0.717) is 37.9 Å². The Morgan fingerprint density at radius 1 is 1.35 bits per heavy atom. The lowest BCUT2D eigenvalue weighted by Gasteiger charge is -2.35. The van der Waals surface area contributed by atoms with Crippen LogP contribution in [-0.2, 0) is 22.7 Å². The van der Waals surface area contributed by atoms with E-state index in [1.54, 1.807) is 6.07 Å². The van der Waals surface area contributed by atoms with Crippen molar-refractivity contribution in [1.29, 1.82) is 0 Å². The summed E-state index contributed by atoms with van der Waals surface area (Å²) in [6.45, 7) is 2.99. The molecule has 148 valence electrons. The first-order valence-electron chi connectivity index (χ1n) is 8.71. The van der Waals surface area contributed by atoms with Crippen LogP contribution in [0.2, 0.25) is 0 Å². The van der Waals surface area contributed by atoms with E-state index >= 15 is 0 Å². The van der Waals surface area contributed by atoms with Crippen molar-refractivity contribution in [2.24, 2.45) is 5.73 Å². The fourth-order valence-corrected chi connectivity index (χ4v) is 4.95. The third kappa shape index (κ3) is 5.94. The van der Waals surface area contributed by atoms with Gasteiger partial charge in [-0.25, -0.2) is 8.42 Å². The van der Waals surface area contributed by atoms with Crippen LogP contribution in [0.1, 0.15) is 37.3 Å². The summed E-state index contributed by atoms with van der Waals surface area (Å²) in [7, 11) is -3.34. The molecule has 5 nitrogen and oxygen atoms in total. The van der Waals surface area contributed by atoms with E-state index in [1.165, 1.54) is 10.4 Å². The van der Waals surface area contributed by atoms with Gasteiger partial charge in [-0.3, -0.25) is 0 Å². The van der Waals surface area contributed by atoms with Gasteiger partial charge in [0.15, 0.2) is 0 Å². The summed E-state index contributed by atoms with van der Waals surface area (Å²) < 4.78 is 64.4. The van der Waals surface area contributed by atoms with Gasteiger partial charge in [-0.1, -0.05) is 18.2 Å². The normalized spacial score (nSPS) is 22.5. The van der Waals surface area contributed by atoms with Crippen LogP contribution < -0.4 is 11.1 Å². The quantitative estimate of drug-likeness (QED) is 0.697. The monoisotopic (exact) mass is 393 g/mol. The van der Waals surface area contributed by atoms with Crippen LogP contribution in [0.4, 0.5) is 13.2 Å². The maximum atomic E-state index is 12.7. The van der Waals surface area contributed by atoms with Crippen LogP contribution in [-0.4, -0.2) is 43.6 Å². The zero-order valence-electron chi connectivity index (χ0n) is 14.8. The number of benzene rings is 1. The molecular formula is C17H26F3N3O2S. The Morgan fingerprint density at radius 2 is 2.08 bits per heavy atom. The van der Waals surface area contributed by atoms with Gasteiger partial charge in [-0.2, -0.15) is 17.5 Å². The SMILES string of the molecule is C[C@H]1C[C@@H](N)CCN1S(=O)(=O)CCCNCc1cccc(C(F)(F)F)c1. The number of rotatable bonds is 7. The van der Waals surface area contributed by atoms with Crippen molar-refractivity contribution in [3.63, 3.8) is 0 Å². The Hall–Kier alpha value is -1.16. The molecule has 1 aliphatic heterocycles. The molecule has 0 bridgehead atoms. The average molecular weight is 393 g/mol. The number of hydrogen-bond donors (Lipinski definition) is 2. The van der Waals surface area contributed by atoms with Crippen molar-refractivity contribution in [1.82, 2.24) is 9.62 Å². The van der Waals surface area contributed by atoms with E-state index < -0.39 is 21.8 Å². The maximum Gasteiger partial charge on any atom is 0.416 e. The molecule has 1 aliphatic rings. The van der Waals surface area contributed by atoms with Crippen LogP contribution in [0.25, 0.3) is 0 Å². The van der Waals surface area contributed by atoms with Crippen LogP contribution in [0.5, 0.6) is 0 Å². The maximum absolute atomic E-state index is 12.7. The number of nitrogens with two attached hydrogens (primary N) is 1. The van der Waals surface area contributed by atoms with Crippen LogP contribution in [0.3, 0.4) is 0 Å². The van der Waals surface area contributed by atoms with E-state index in [9.17, 15) is 21.6 Å². The average Bonchev–Trinajstić information content (AvgIpc) is 2.53. The van der Waals surface area contributed by atoms with Gasteiger partial charge in [-0.15, -0.1) is 0 Å². The van der Waals surface area contributed by atoms with Crippen molar-refractivity contribution in [3.8, 4) is 0 Å². The van der Waals surface area contributed by atoms with E-state index in [4.69, 9.17) is 5.73 Å². The zero-order chi connectivity index (χ0) is 19.4. The second-order valence-corrected chi connectivity index (χ2v) is 8.83. The highest BCUT2D eigenvalue weighted by molar-refractivity contribution is 7.89. The highest BCUT2D eigenvalue weighted by Crippen LogP contribution is 2.29. The van der Waals surface area contributed by atoms with Crippen molar-refractivity contribution >= 4 is 10.0 Å². The molecule has 1 fully saturated rings. The second-order valence-electron chi connectivity index (χ2n) is 6.79. The third-order valence-corrected chi connectivity index (χ3v) is 6.61. The lowest BCUT2D eigenvalue weighted by atomic mass is 10.0. The molecule has 2 atom stereocenters. The first kappa shape index (κ1) is 21.1. The smallest absolute Gasteiger partial charge is 0.328 e. The Labute approximate surface area is 152 Å². The zero-order valence-corrected chi connectivity index (χ0v) is 15.6. The molecular weight excluding hydrogens is 367 g/mol. The summed E-state index contributed by atoms with van der Waals surface area (Å²) in [5.41, 5.74) is 5.69. The predicted octanol–water partition coefficient (Wildman–Crippen LogP) is 2.33. The molecule has 26 heavy (non-hydrogen) atoms. The molecule has 0 spiro atoms. The number of piperidine rings is 1. The van der Waals surface area contributed by atoms with Crippen molar-refractivity contribution in [2.75, 3.05) is 18.8 Å². The van der Waals surface area contributed by atoms with Crippen molar-refractivity contribution < 1.29 is 21.6 Å². The van der Waals surface area contributed by atoms with Crippen LogP contribution >= 0.6 is 0 Å². The third-order valence-electron chi connectivity index (χ3n) is 4.55. The fraction of sp³-hybridized carbons (Fsp3) is 0.647. The lowest BCUT2D eigenvalue weighted by molar-refractivity contribution is -0.137. The summed E-state index contributed by atoms with van der Waals surface area (Å²) >= 11 is 0. The molecule has 0 saturated carbocycles. The molecule has 0 unspecified atom stereocenters. The molecule has 9 heteroatoms. The number of nitrogens with one attached hydrogen (secondary N) is 1. The van der Waals surface area contributed by atoms with Crippen LogP contribution in [0, 0.1) is 0 Å². The Morgan fingerprint density at radius 3 is 2.73 bits per heavy atom. The summed E-state index contributed by atoms with van der Waals surface area (Å²) in [6, 6.07) is 5.06. The minimum Gasteiger partial charge on any atom is -0.328 e. The van der Waals surface area contributed by atoms with Gasteiger partial charge in [0.1, 0.15) is 0 Å². The Kier molecular flexibility index (Phi) is 7.06. The topological polar surface area (TPSA) is 75.4 Å². The molecule has 1 aromatic carbocycles. The molecule has 1 heterocycles.